The van der Waals surface area contributed by atoms with Crippen molar-refractivity contribution in [1.29, 1.82) is 0 Å². The first-order valence-electron chi connectivity index (χ1n) is 6.95. The summed E-state index contributed by atoms with van der Waals surface area (Å²) in [6, 6.07) is 0. The van der Waals surface area contributed by atoms with Gasteiger partial charge in [0.05, 0.1) is 13.2 Å². The standard InChI is InChI=1S/C15H24O4/c1-11(2)15(17)18-8-7-13-5-4-6-14(9-13)10-19-12(3)16/h13-14H,1,4-10H2,2-3H3. The number of esters is 2. The van der Waals surface area contributed by atoms with E-state index in [0.717, 1.165) is 25.7 Å². The van der Waals surface area contributed by atoms with Gasteiger partial charge in [0, 0.05) is 12.5 Å². The molecule has 0 radical (unpaired) electrons. The average Bonchev–Trinajstić information content (AvgIpc) is 2.36. The van der Waals surface area contributed by atoms with Crippen LogP contribution in [0.3, 0.4) is 0 Å². The molecule has 2 unspecified atom stereocenters. The molecule has 0 spiro atoms. The molecular weight excluding hydrogens is 244 g/mol. The fraction of sp³-hybridized carbons (Fsp3) is 0.733. The van der Waals surface area contributed by atoms with Gasteiger partial charge < -0.3 is 9.47 Å². The van der Waals surface area contributed by atoms with Crippen LogP contribution in [-0.2, 0) is 19.1 Å². The van der Waals surface area contributed by atoms with Crippen molar-refractivity contribution in [3.8, 4) is 0 Å². The van der Waals surface area contributed by atoms with Gasteiger partial charge in [-0.1, -0.05) is 19.4 Å². The first kappa shape index (κ1) is 15.7. The summed E-state index contributed by atoms with van der Waals surface area (Å²) in [7, 11) is 0. The van der Waals surface area contributed by atoms with E-state index in [1.165, 1.54) is 13.3 Å². The number of rotatable bonds is 6. The third-order valence-corrected chi connectivity index (χ3v) is 3.52. The van der Waals surface area contributed by atoms with E-state index in [9.17, 15) is 9.59 Å². The normalized spacial score (nSPS) is 22.6. The van der Waals surface area contributed by atoms with Crippen LogP contribution in [0.2, 0.25) is 0 Å². The summed E-state index contributed by atoms with van der Waals surface area (Å²) in [5.74, 6) is 0.497. The number of carbonyl (C=O) groups excluding carboxylic acids is 2. The van der Waals surface area contributed by atoms with Crippen LogP contribution in [0.4, 0.5) is 0 Å². The minimum absolute atomic E-state index is 0.211. The molecule has 108 valence electrons. The molecule has 0 bridgehead atoms. The highest BCUT2D eigenvalue weighted by Gasteiger charge is 2.23. The second-order valence-corrected chi connectivity index (χ2v) is 5.41. The third-order valence-electron chi connectivity index (χ3n) is 3.52. The van der Waals surface area contributed by atoms with Crippen LogP contribution in [0.25, 0.3) is 0 Å². The highest BCUT2D eigenvalue weighted by molar-refractivity contribution is 5.86. The van der Waals surface area contributed by atoms with Gasteiger partial charge in [0.1, 0.15) is 0 Å². The largest absolute Gasteiger partial charge is 0.466 e. The van der Waals surface area contributed by atoms with Crippen molar-refractivity contribution in [2.24, 2.45) is 11.8 Å². The second-order valence-electron chi connectivity index (χ2n) is 5.41. The predicted octanol–water partition coefficient (Wildman–Crippen LogP) is 2.87. The Balaban J connectivity index is 2.21. The maximum Gasteiger partial charge on any atom is 0.333 e. The van der Waals surface area contributed by atoms with Crippen molar-refractivity contribution in [2.45, 2.75) is 46.0 Å². The Morgan fingerprint density at radius 2 is 1.84 bits per heavy atom. The molecule has 1 rings (SSSR count). The minimum atomic E-state index is -0.313. The number of hydrogen-bond acceptors (Lipinski definition) is 4. The summed E-state index contributed by atoms with van der Waals surface area (Å²) in [5, 5.41) is 0. The van der Waals surface area contributed by atoms with Crippen LogP contribution >= 0.6 is 0 Å². The summed E-state index contributed by atoms with van der Waals surface area (Å²) in [5.41, 5.74) is 0.441. The molecule has 2 atom stereocenters. The van der Waals surface area contributed by atoms with Gasteiger partial charge >= 0.3 is 11.9 Å². The summed E-state index contributed by atoms with van der Waals surface area (Å²) in [4.78, 5) is 22.0. The molecule has 1 aliphatic carbocycles. The zero-order valence-electron chi connectivity index (χ0n) is 11.9. The molecule has 1 saturated carbocycles. The van der Waals surface area contributed by atoms with Crippen LogP contribution in [-0.4, -0.2) is 25.2 Å². The number of hydrogen-bond donors (Lipinski definition) is 0. The van der Waals surface area contributed by atoms with E-state index >= 15 is 0 Å². The van der Waals surface area contributed by atoms with E-state index in [1.807, 2.05) is 0 Å². The van der Waals surface area contributed by atoms with Crippen LogP contribution < -0.4 is 0 Å². The van der Waals surface area contributed by atoms with Gasteiger partial charge in [-0.3, -0.25) is 4.79 Å². The van der Waals surface area contributed by atoms with Crippen molar-refractivity contribution in [1.82, 2.24) is 0 Å². The van der Waals surface area contributed by atoms with E-state index in [-0.39, 0.29) is 11.9 Å². The molecule has 0 heterocycles. The smallest absolute Gasteiger partial charge is 0.333 e. The van der Waals surface area contributed by atoms with E-state index in [2.05, 4.69) is 6.58 Å². The van der Waals surface area contributed by atoms with Crippen LogP contribution in [0.5, 0.6) is 0 Å². The van der Waals surface area contributed by atoms with E-state index < -0.39 is 0 Å². The van der Waals surface area contributed by atoms with Gasteiger partial charge in [-0.15, -0.1) is 0 Å². The average molecular weight is 268 g/mol. The summed E-state index contributed by atoms with van der Waals surface area (Å²) < 4.78 is 10.2. The minimum Gasteiger partial charge on any atom is -0.466 e. The number of ether oxygens (including phenoxy) is 2. The Morgan fingerprint density at radius 3 is 2.47 bits per heavy atom. The molecule has 4 heteroatoms. The highest BCUT2D eigenvalue weighted by atomic mass is 16.5. The van der Waals surface area contributed by atoms with E-state index in [1.54, 1.807) is 6.92 Å². The van der Waals surface area contributed by atoms with Gasteiger partial charge in [-0.25, -0.2) is 4.79 Å². The first-order valence-corrected chi connectivity index (χ1v) is 6.95. The fourth-order valence-corrected chi connectivity index (χ4v) is 2.49. The lowest BCUT2D eigenvalue weighted by atomic mass is 9.80. The lowest BCUT2D eigenvalue weighted by molar-refractivity contribution is -0.143. The van der Waals surface area contributed by atoms with Crippen molar-refractivity contribution in [2.75, 3.05) is 13.2 Å². The summed E-state index contributed by atoms with van der Waals surface area (Å²) >= 11 is 0. The van der Waals surface area contributed by atoms with Crippen molar-refractivity contribution >= 4 is 11.9 Å². The molecular formula is C15H24O4. The van der Waals surface area contributed by atoms with Crippen molar-refractivity contribution in [3.05, 3.63) is 12.2 Å². The molecule has 0 N–H and O–H groups in total. The molecule has 0 saturated heterocycles. The quantitative estimate of drug-likeness (QED) is 0.549. The maximum atomic E-state index is 11.2. The van der Waals surface area contributed by atoms with E-state index in [4.69, 9.17) is 9.47 Å². The Bertz CT molecular complexity index is 335. The topological polar surface area (TPSA) is 52.6 Å². The summed E-state index contributed by atoms with van der Waals surface area (Å²) in [6.07, 6.45) is 5.38. The van der Waals surface area contributed by atoms with Crippen LogP contribution in [0, 0.1) is 11.8 Å². The van der Waals surface area contributed by atoms with Crippen LogP contribution in [0.15, 0.2) is 12.2 Å². The van der Waals surface area contributed by atoms with Gasteiger partial charge in [0.2, 0.25) is 0 Å². The maximum absolute atomic E-state index is 11.2. The molecule has 0 aromatic carbocycles. The highest BCUT2D eigenvalue weighted by Crippen LogP contribution is 2.31. The van der Waals surface area contributed by atoms with Crippen molar-refractivity contribution in [3.63, 3.8) is 0 Å². The molecule has 0 amide bonds. The van der Waals surface area contributed by atoms with Gasteiger partial charge in [0.15, 0.2) is 0 Å². The molecule has 4 nitrogen and oxygen atoms in total. The lowest BCUT2D eigenvalue weighted by Crippen LogP contribution is -2.22. The SMILES string of the molecule is C=C(C)C(=O)OCCC1CCCC(COC(C)=O)C1. The van der Waals surface area contributed by atoms with Gasteiger partial charge in [-0.05, 0) is 38.0 Å². The monoisotopic (exact) mass is 268 g/mol. The predicted molar refractivity (Wildman–Crippen MR) is 72.5 cm³/mol. The molecule has 0 aromatic rings. The molecule has 1 fully saturated rings. The lowest BCUT2D eigenvalue weighted by Gasteiger charge is -2.28. The zero-order chi connectivity index (χ0) is 14.3. The number of carbonyl (C=O) groups is 2. The fourth-order valence-electron chi connectivity index (χ4n) is 2.49. The molecule has 19 heavy (non-hydrogen) atoms. The molecule has 1 aliphatic rings. The van der Waals surface area contributed by atoms with Crippen molar-refractivity contribution < 1.29 is 19.1 Å². The van der Waals surface area contributed by atoms with E-state index in [0.29, 0.717) is 30.6 Å². The Kier molecular flexibility index (Phi) is 6.60. The zero-order valence-corrected chi connectivity index (χ0v) is 11.9. The Morgan fingerprint density at radius 1 is 1.16 bits per heavy atom. The third kappa shape index (κ3) is 6.41. The Labute approximate surface area is 115 Å². The van der Waals surface area contributed by atoms with Gasteiger partial charge in [-0.2, -0.15) is 0 Å². The molecule has 0 aliphatic heterocycles. The molecule has 0 aromatic heterocycles. The summed E-state index contributed by atoms with van der Waals surface area (Å²) in [6.45, 7) is 7.62. The van der Waals surface area contributed by atoms with Gasteiger partial charge in [0.25, 0.3) is 0 Å². The Hall–Kier alpha value is -1.32. The first-order chi connectivity index (χ1) is 8.99. The second kappa shape index (κ2) is 7.97. The van der Waals surface area contributed by atoms with Crippen LogP contribution in [0.1, 0.15) is 46.0 Å².